The largest absolute Gasteiger partial charge is 0.315 e. The van der Waals surface area contributed by atoms with Gasteiger partial charge in [0.1, 0.15) is 0 Å². The number of anilines is 4. The van der Waals surface area contributed by atoms with Crippen LogP contribution < -0.4 is 15.3 Å². The molecule has 1 atom stereocenters. The topological polar surface area (TPSA) is 6.48 Å². The molecule has 5 aliphatic rings. The zero-order valence-corrected chi connectivity index (χ0v) is 33.1. The molecular weight excluding hydrogens is 675 g/mol. The molecule has 10 rings (SSSR count). The molecule has 2 aliphatic heterocycles. The zero-order valence-electron chi connectivity index (χ0n) is 33.1. The number of nitrogens with zero attached hydrogens (tertiary/aromatic N) is 2. The van der Waals surface area contributed by atoms with Gasteiger partial charge in [-0.05, 0) is 133 Å². The summed E-state index contributed by atoms with van der Waals surface area (Å²) in [7, 11) is 0. The summed E-state index contributed by atoms with van der Waals surface area (Å²) in [5.74, 6) is 0.269. The average molecular weight is 725 g/mol. The summed E-state index contributed by atoms with van der Waals surface area (Å²) in [6.45, 7) is 9.55. The molecule has 3 aliphatic carbocycles. The summed E-state index contributed by atoms with van der Waals surface area (Å²) in [5, 5.41) is 0. The normalized spacial score (nSPS) is 18.7. The highest BCUT2D eigenvalue weighted by atomic mass is 15.2. The summed E-state index contributed by atoms with van der Waals surface area (Å²) in [4.78, 5) is 5.28. The fraction of sp³-hybridized carbons (Fsp3) is 0.208. The van der Waals surface area contributed by atoms with Crippen LogP contribution in [-0.4, -0.2) is 6.71 Å². The van der Waals surface area contributed by atoms with Gasteiger partial charge in [-0.25, -0.2) is 0 Å². The highest BCUT2D eigenvalue weighted by Crippen LogP contribution is 2.55. The fourth-order valence-electron chi connectivity index (χ4n) is 9.96. The van der Waals surface area contributed by atoms with Gasteiger partial charge in [-0.1, -0.05) is 146 Å². The number of aryl methyl sites for hydroxylation is 1. The standard InChI is InChI=1S/C53H49BN2/c1-36-20-26-44(27-21-36)55-48-30-22-37(2)32-46(48)54-47-33-41(39-16-10-6-11-17-39)25-31-49(47)56(45-28-23-40(24-29-45)38-14-8-5-9-15-38)51-35-43(34-50(55)52(51)54)53(3,4)42-18-12-7-13-19-42/h6-8,10-21,23-29,31-32,34-35,47H,5,9,22,30,33H2,1-4H3. The van der Waals surface area contributed by atoms with Crippen molar-refractivity contribution >= 4 is 46.1 Å². The summed E-state index contributed by atoms with van der Waals surface area (Å²) < 4.78 is 0. The molecule has 5 aromatic carbocycles. The summed E-state index contributed by atoms with van der Waals surface area (Å²) in [6.07, 6.45) is 19.7. The van der Waals surface area contributed by atoms with Crippen molar-refractivity contribution in [1.29, 1.82) is 0 Å². The van der Waals surface area contributed by atoms with Crippen LogP contribution in [0.25, 0.3) is 11.1 Å². The van der Waals surface area contributed by atoms with Crippen LogP contribution in [-0.2, 0) is 5.41 Å². The van der Waals surface area contributed by atoms with Gasteiger partial charge in [0.25, 0.3) is 0 Å². The first-order valence-corrected chi connectivity index (χ1v) is 20.6. The van der Waals surface area contributed by atoms with Crippen molar-refractivity contribution in [2.24, 2.45) is 0 Å². The van der Waals surface area contributed by atoms with Gasteiger partial charge in [0, 0.05) is 39.6 Å². The maximum absolute atomic E-state index is 2.65. The molecule has 0 spiro atoms. The molecule has 0 saturated heterocycles. The van der Waals surface area contributed by atoms with Crippen molar-refractivity contribution in [3.63, 3.8) is 0 Å². The Balaban J connectivity index is 1.26. The monoisotopic (exact) mass is 724 g/mol. The van der Waals surface area contributed by atoms with E-state index in [1.165, 1.54) is 89.6 Å². The van der Waals surface area contributed by atoms with E-state index in [1.807, 2.05) is 0 Å². The smallest absolute Gasteiger partial charge is 0.226 e. The van der Waals surface area contributed by atoms with Crippen molar-refractivity contribution in [3.8, 4) is 0 Å². The predicted molar refractivity (Wildman–Crippen MR) is 240 cm³/mol. The van der Waals surface area contributed by atoms with E-state index in [9.17, 15) is 0 Å². The van der Waals surface area contributed by atoms with E-state index < -0.39 is 0 Å². The molecule has 5 aromatic rings. The van der Waals surface area contributed by atoms with Crippen molar-refractivity contribution in [2.75, 3.05) is 9.80 Å². The molecule has 2 nitrogen and oxygen atoms in total. The highest BCUT2D eigenvalue weighted by molar-refractivity contribution is 6.86. The quantitative estimate of drug-likeness (QED) is 0.161. The lowest BCUT2D eigenvalue weighted by Gasteiger charge is -2.50. The first-order valence-electron chi connectivity index (χ1n) is 20.6. The Kier molecular flexibility index (Phi) is 8.51. The summed E-state index contributed by atoms with van der Waals surface area (Å²) in [5.41, 5.74) is 21.4. The summed E-state index contributed by atoms with van der Waals surface area (Å²) >= 11 is 0. The fourth-order valence-corrected chi connectivity index (χ4v) is 9.96. The predicted octanol–water partition coefficient (Wildman–Crippen LogP) is 13.3. The van der Waals surface area contributed by atoms with E-state index in [1.54, 1.807) is 0 Å². The van der Waals surface area contributed by atoms with Crippen LogP contribution >= 0.6 is 0 Å². The van der Waals surface area contributed by atoms with Crippen LogP contribution in [0.3, 0.4) is 0 Å². The summed E-state index contributed by atoms with van der Waals surface area (Å²) in [6, 6.07) is 45.9. The van der Waals surface area contributed by atoms with Crippen molar-refractivity contribution < 1.29 is 0 Å². The van der Waals surface area contributed by atoms with Crippen LogP contribution in [0.15, 0.2) is 180 Å². The van der Waals surface area contributed by atoms with Gasteiger partial charge in [0.2, 0.25) is 6.71 Å². The Morgan fingerprint density at radius 3 is 2.05 bits per heavy atom. The Hall–Kier alpha value is -5.80. The molecule has 56 heavy (non-hydrogen) atoms. The number of benzene rings is 5. The first kappa shape index (κ1) is 34.7. The third-order valence-corrected chi connectivity index (χ3v) is 13.1. The number of hydrogen-bond acceptors (Lipinski definition) is 2. The van der Waals surface area contributed by atoms with Crippen LogP contribution in [0.4, 0.5) is 22.7 Å². The molecule has 0 N–H and O–H groups in total. The third kappa shape index (κ3) is 5.79. The Morgan fingerprint density at radius 2 is 1.34 bits per heavy atom. The Morgan fingerprint density at radius 1 is 0.661 bits per heavy atom. The molecule has 0 aromatic heterocycles. The van der Waals surface area contributed by atoms with Gasteiger partial charge in [-0.3, -0.25) is 0 Å². The van der Waals surface area contributed by atoms with E-state index >= 15 is 0 Å². The van der Waals surface area contributed by atoms with Gasteiger partial charge < -0.3 is 9.80 Å². The molecule has 0 fully saturated rings. The van der Waals surface area contributed by atoms with E-state index in [4.69, 9.17) is 0 Å². The van der Waals surface area contributed by atoms with Crippen LogP contribution in [0.1, 0.15) is 80.7 Å². The second-order valence-electron chi connectivity index (χ2n) is 16.9. The molecule has 0 amide bonds. The number of allylic oxidation sites excluding steroid dienone is 12. The zero-order chi connectivity index (χ0) is 38.0. The second-order valence-corrected chi connectivity index (χ2v) is 16.9. The Bertz CT molecular complexity index is 2530. The van der Waals surface area contributed by atoms with E-state index in [2.05, 4.69) is 195 Å². The van der Waals surface area contributed by atoms with E-state index in [0.29, 0.717) is 0 Å². The maximum atomic E-state index is 2.65. The molecule has 2 heterocycles. The molecule has 0 saturated carbocycles. The lowest BCUT2D eigenvalue weighted by atomic mass is 9.28. The SMILES string of the molecule is CC1=CC2=C(CC1)N(c1ccc(C)cc1)c1cc(C(C)(C)c3ccccc3)cc3c1B2C1CC(c2ccccc2)=CC=C1N3c1ccc(C2=CCCC=C2)cc1. The van der Waals surface area contributed by atoms with Gasteiger partial charge in [0.05, 0.1) is 0 Å². The highest BCUT2D eigenvalue weighted by Gasteiger charge is 2.50. The minimum atomic E-state index is -0.230. The Labute approximate surface area is 333 Å². The van der Waals surface area contributed by atoms with Gasteiger partial charge in [-0.2, -0.15) is 0 Å². The lowest BCUT2D eigenvalue weighted by molar-refractivity contribution is 0.640. The van der Waals surface area contributed by atoms with Gasteiger partial charge >= 0.3 is 0 Å². The first-order chi connectivity index (χ1) is 27.3. The van der Waals surface area contributed by atoms with Crippen molar-refractivity contribution in [2.45, 2.75) is 71.0 Å². The molecular formula is C53H49BN2. The lowest BCUT2D eigenvalue weighted by Crippen LogP contribution is -2.53. The molecule has 3 heteroatoms. The maximum Gasteiger partial charge on any atom is 0.226 e. The van der Waals surface area contributed by atoms with Crippen LogP contribution in [0, 0.1) is 6.92 Å². The molecule has 0 radical (unpaired) electrons. The number of fused-ring (bicyclic) bond motifs is 3. The van der Waals surface area contributed by atoms with E-state index in [-0.39, 0.29) is 17.9 Å². The van der Waals surface area contributed by atoms with Crippen LogP contribution in [0.5, 0.6) is 0 Å². The molecule has 0 bridgehead atoms. The van der Waals surface area contributed by atoms with Gasteiger partial charge in [-0.15, -0.1) is 0 Å². The molecule has 1 unspecified atom stereocenters. The van der Waals surface area contributed by atoms with E-state index in [0.717, 1.165) is 32.1 Å². The second kappa shape index (κ2) is 13.7. The van der Waals surface area contributed by atoms with Crippen molar-refractivity contribution in [3.05, 3.63) is 208 Å². The minimum Gasteiger partial charge on any atom is -0.315 e. The van der Waals surface area contributed by atoms with Crippen LogP contribution in [0.2, 0.25) is 5.82 Å². The average Bonchev–Trinajstić information content (AvgIpc) is 3.25. The number of hydrogen-bond donors (Lipinski definition) is 0. The molecule has 274 valence electrons. The number of rotatable bonds is 6. The minimum absolute atomic E-state index is 0.229. The third-order valence-electron chi connectivity index (χ3n) is 13.1. The van der Waals surface area contributed by atoms with Gasteiger partial charge in [0.15, 0.2) is 0 Å². The van der Waals surface area contributed by atoms with Crippen molar-refractivity contribution in [1.82, 2.24) is 0 Å².